The summed E-state index contributed by atoms with van der Waals surface area (Å²) in [5, 5.41) is 11.7. The lowest BCUT2D eigenvalue weighted by Gasteiger charge is -2.08. The predicted octanol–water partition coefficient (Wildman–Crippen LogP) is 3.12. The molecule has 0 spiro atoms. The molecule has 1 aromatic carbocycles. The summed E-state index contributed by atoms with van der Waals surface area (Å²) in [5.74, 6) is -1.07. The number of hydrogen-bond acceptors (Lipinski definition) is 3. The van der Waals surface area contributed by atoms with Crippen molar-refractivity contribution in [3.05, 3.63) is 51.2 Å². The Balaban J connectivity index is 1.79. The monoisotopic (exact) mass is 301 g/mol. The molecule has 2 N–H and O–H groups in total. The first-order chi connectivity index (χ1) is 10.1. The van der Waals surface area contributed by atoms with E-state index in [1.165, 1.54) is 16.9 Å². The van der Waals surface area contributed by atoms with Crippen molar-refractivity contribution in [2.24, 2.45) is 0 Å². The van der Waals surface area contributed by atoms with Gasteiger partial charge in [0, 0.05) is 10.6 Å². The standard InChI is InChI=1S/C16H15NO3S/c18-15(19)9-10-4-1-2-6-12(10)17-16(20)14-8-11-5-3-7-13(11)21-14/h1-2,4,6,8H,3,5,7,9H2,(H,17,20)(H,18,19). The zero-order chi connectivity index (χ0) is 14.8. The largest absolute Gasteiger partial charge is 0.481 e. The third-order valence-corrected chi connectivity index (χ3v) is 4.81. The van der Waals surface area contributed by atoms with Gasteiger partial charge >= 0.3 is 5.97 Å². The molecule has 1 amide bonds. The third kappa shape index (κ3) is 2.97. The van der Waals surface area contributed by atoms with Crippen LogP contribution in [0.15, 0.2) is 30.3 Å². The quantitative estimate of drug-likeness (QED) is 0.912. The fraction of sp³-hybridized carbons (Fsp3) is 0.250. The molecular weight excluding hydrogens is 286 g/mol. The first-order valence-electron chi connectivity index (χ1n) is 6.86. The number of carboxylic acids is 1. The highest BCUT2D eigenvalue weighted by molar-refractivity contribution is 7.14. The van der Waals surface area contributed by atoms with Crippen LogP contribution in [0.25, 0.3) is 0 Å². The number of anilines is 1. The lowest BCUT2D eigenvalue weighted by Crippen LogP contribution is -2.13. The summed E-state index contributed by atoms with van der Waals surface area (Å²) in [4.78, 5) is 25.2. The lowest BCUT2D eigenvalue weighted by atomic mass is 10.1. The maximum atomic E-state index is 12.3. The van der Waals surface area contributed by atoms with Gasteiger partial charge in [-0.3, -0.25) is 9.59 Å². The van der Waals surface area contributed by atoms with Crippen LogP contribution in [0, 0.1) is 0 Å². The topological polar surface area (TPSA) is 66.4 Å². The lowest BCUT2D eigenvalue weighted by molar-refractivity contribution is -0.136. The molecule has 4 nitrogen and oxygen atoms in total. The number of hydrogen-bond donors (Lipinski definition) is 2. The first-order valence-corrected chi connectivity index (χ1v) is 7.68. The summed E-state index contributed by atoms with van der Waals surface area (Å²) >= 11 is 1.54. The molecule has 0 unspecified atom stereocenters. The summed E-state index contributed by atoms with van der Waals surface area (Å²) in [5.41, 5.74) is 2.46. The Morgan fingerprint density at radius 1 is 1.24 bits per heavy atom. The van der Waals surface area contributed by atoms with Gasteiger partial charge in [-0.2, -0.15) is 0 Å². The molecule has 108 valence electrons. The van der Waals surface area contributed by atoms with E-state index in [9.17, 15) is 9.59 Å². The highest BCUT2D eigenvalue weighted by Gasteiger charge is 2.19. The van der Waals surface area contributed by atoms with E-state index in [-0.39, 0.29) is 12.3 Å². The summed E-state index contributed by atoms with van der Waals surface area (Å²) in [6.07, 6.45) is 3.18. The van der Waals surface area contributed by atoms with E-state index in [2.05, 4.69) is 5.32 Å². The third-order valence-electron chi connectivity index (χ3n) is 3.58. The Morgan fingerprint density at radius 3 is 2.81 bits per heavy atom. The highest BCUT2D eigenvalue weighted by atomic mass is 32.1. The maximum absolute atomic E-state index is 12.3. The number of carbonyl (C=O) groups is 2. The van der Waals surface area contributed by atoms with Crippen LogP contribution in [0.2, 0.25) is 0 Å². The summed E-state index contributed by atoms with van der Waals surface area (Å²) < 4.78 is 0. The van der Waals surface area contributed by atoms with E-state index >= 15 is 0 Å². The van der Waals surface area contributed by atoms with Gasteiger partial charge in [-0.1, -0.05) is 18.2 Å². The Morgan fingerprint density at radius 2 is 2.05 bits per heavy atom. The summed E-state index contributed by atoms with van der Waals surface area (Å²) in [6, 6.07) is 8.97. The van der Waals surface area contributed by atoms with Gasteiger partial charge in [0.25, 0.3) is 5.91 Å². The molecule has 0 fully saturated rings. The van der Waals surface area contributed by atoms with E-state index < -0.39 is 5.97 Å². The molecule has 1 aliphatic rings. The van der Waals surface area contributed by atoms with Crippen molar-refractivity contribution < 1.29 is 14.7 Å². The number of amides is 1. The van der Waals surface area contributed by atoms with Gasteiger partial charge in [0.1, 0.15) is 0 Å². The van der Waals surface area contributed by atoms with Crippen molar-refractivity contribution in [2.75, 3.05) is 5.32 Å². The first kappa shape index (κ1) is 13.8. The number of rotatable bonds is 4. The smallest absolute Gasteiger partial charge is 0.307 e. The molecule has 0 saturated carbocycles. The normalized spacial score (nSPS) is 13.0. The van der Waals surface area contributed by atoms with Crippen LogP contribution in [-0.4, -0.2) is 17.0 Å². The number of para-hydroxylation sites is 1. The average molecular weight is 301 g/mol. The van der Waals surface area contributed by atoms with Crippen molar-refractivity contribution in [2.45, 2.75) is 25.7 Å². The average Bonchev–Trinajstić information content (AvgIpc) is 3.01. The fourth-order valence-corrected chi connectivity index (χ4v) is 3.73. The summed E-state index contributed by atoms with van der Waals surface area (Å²) in [7, 11) is 0. The van der Waals surface area contributed by atoms with Gasteiger partial charge < -0.3 is 10.4 Å². The Hall–Kier alpha value is -2.14. The Labute approximate surface area is 126 Å². The minimum absolute atomic E-state index is 0.0998. The minimum Gasteiger partial charge on any atom is -0.481 e. The zero-order valence-corrected chi connectivity index (χ0v) is 12.2. The van der Waals surface area contributed by atoms with Crippen LogP contribution in [-0.2, 0) is 24.1 Å². The van der Waals surface area contributed by atoms with Crippen LogP contribution in [0.4, 0.5) is 5.69 Å². The molecule has 0 saturated heterocycles. The van der Waals surface area contributed by atoms with Gasteiger partial charge in [0.15, 0.2) is 0 Å². The maximum Gasteiger partial charge on any atom is 0.307 e. The van der Waals surface area contributed by atoms with Crippen molar-refractivity contribution >= 4 is 28.9 Å². The number of benzene rings is 1. The number of aryl methyl sites for hydroxylation is 2. The van der Waals surface area contributed by atoms with Gasteiger partial charge in [-0.25, -0.2) is 0 Å². The molecular formula is C16H15NO3S. The Bertz CT molecular complexity index is 684. The van der Waals surface area contributed by atoms with E-state index in [0.717, 1.165) is 12.8 Å². The minimum atomic E-state index is -0.910. The van der Waals surface area contributed by atoms with Gasteiger partial charge in [0.2, 0.25) is 0 Å². The van der Waals surface area contributed by atoms with Crippen LogP contribution in [0.1, 0.15) is 32.1 Å². The second-order valence-electron chi connectivity index (χ2n) is 5.09. The van der Waals surface area contributed by atoms with E-state index in [0.29, 0.717) is 16.1 Å². The van der Waals surface area contributed by atoms with Crippen LogP contribution in [0.3, 0.4) is 0 Å². The fourth-order valence-electron chi connectivity index (χ4n) is 2.58. The van der Waals surface area contributed by atoms with Crippen LogP contribution >= 0.6 is 11.3 Å². The van der Waals surface area contributed by atoms with Crippen molar-refractivity contribution in [1.82, 2.24) is 0 Å². The van der Waals surface area contributed by atoms with Gasteiger partial charge in [-0.15, -0.1) is 11.3 Å². The summed E-state index contributed by atoms with van der Waals surface area (Å²) in [6.45, 7) is 0. The molecule has 21 heavy (non-hydrogen) atoms. The zero-order valence-electron chi connectivity index (χ0n) is 11.4. The molecule has 1 aliphatic carbocycles. The van der Waals surface area contributed by atoms with Crippen molar-refractivity contribution in [1.29, 1.82) is 0 Å². The number of nitrogens with one attached hydrogen (secondary N) is 1. The predicted molar refractivity (Wildman–Crippen MR) is 82.1 cm³/mol. The Kier molecular flexibility index (Phi) is 3.75. The van der Waals surface area contributed by atoms with Gasteiger partial charge in [-0.05, 0) is 42.5 Å². The molecule has 2 aromatic rings. The molecule has 3 rings (SSSR count). The molecule has 1 aromatic heterocycles. The second kappa shape index (κ2) is 5.69. The molecule has 0 radical (unpaired) electrons. The number of thiophene rings is 1. The molecule has 0 aliphatic heterocycles. The molecule has 5 heteroatoms. The highest BCUT2D eigenvalue weighted by Crippen LogP contribution is 2.31. The van der Waals surface area contributed by atoms with Crippen molar-refractivity contribution in [3.63, 3.8) is 0 Å². The second-order valence-corrected chi connectivity index (χ2v) is 6.23. The molecule has 0 bridgehead atoms. The van der Waals surface area contributed by atoms with E-state index in [1.807, 2.05) is 6.07 Å². The van der Waals surface area contributed by atoms with Crippen molar-refractivity contribution in [3.8, 4) is 0 Å². The van der Waals surface area contributed by atoms with Crippen LogP contribution in [0.5, 0.6) is 0 Å². The van der Waals surface area contributed by atoms with Gasteiger partial charge in [0.05, 0.1) is 11.3 Å². The van der Waals surface area contributed by atoms with E-state index in [1.54, 1.807) is 35.6 Å². The number of fused-ring (bicyclic) bond motifs is 1. The molecule has 1 heterocycles. The number of carboxylic acid groups (broad SMARTS) is 1. The number of carbonyl (C=O) groups excluding carboxylic acids is 1. The molecule has 0 atom stereocenters. The SMILES string of the molecule is O=C(O)Cc1ccccc1NC(=O)c1cc2c(s1)CCC2. The number of aliphatic carboxylic acids is 1. The van der Waals surface area contributed by atoms with E-state index in [4.69, 9.17) is 5.11 Å². The van der Waals surface area contributed by atoms with Crippen LogP contribution < -0.4 is 5.32 Å².